The molecule has 0 spiro atoms. The Morgan fingerprint density at radius 3 is 1.94 bits per heavy atom. The zero-order valence-electron chi connectivity index (χ0n) is 9.45. The molecule has 94 valence electrons. The molecule has 3 nitrogen and oxygen atoms in total. The minimum absolute atomic E-state index is 0.112. The Kier molecular flexibility index (Phi) is 3.62. The van der Waals surface area contributed by atoms with Crippen LogP contribution in [0, 0.1) is 0 Å². The third kappa shape index (κ3) is 2.87. The third-order valence-electron chi connectivity index (χ3n) is 2.37. The number of nitrogens with one attached hydrogen (secondary N) is 1. The number of hydrogen-bond acceptors (Lipinski definition) is 2. The monoisotopic (exact) mass is 265 g/mol. The van der Waals surface area contributed by atoms with E-state index in [1.807, 2.05) is 0 Å². The zero-order chi connectivity index (χ0) is 13.0. The van der Waals surface area contributed by atoms with Crippen LogP contribution >= 0.6 is 0 Å². The van der Waals surface area contributed by atoms with E-state index in [-0.39, 0.29) is 5.56 Å². The number of hydrogen-bond donors (Lipinski definition) is 1. The minimum atomic E-state index is -4.08. The van der Waals surface area contributed by atoms with E-state index in [4.69, 9.17) is 0 Å². The van der Waals surface area contributed by atoms with Gasteiger partial charge in [0.05, 0.1) is 0 Å². The molecule has 1 unspecified atom stereocenters. The Balaban J connectivity index is 2.22. The molecule has 0 heterocycles. The Hall–Kier alpha value is -1.88. The number of rotatable bonds is 4. The summed E-state index contributed by atoms with van der Waals surface area (Å²) in [5, 5.41) is 0. The fraction of sp³-hybridized carbons (Fsp3) is 0.0769. The SMILES string of the molecule is O=S(=O)(Nc1ccccc1)C(F)c1ccccc1. The Bertz CT molecular complexity index is 599. The summed E-state index contributed by atoms with van der Waals surface area (Å²) < 4.78 is 39.8. The molecule has 1 atom stereocenters. The molecule has 5 heteroatoms. The second-order valence-corrected chi connectivity index (χ2v) is 5.45. The van der Waals surface area contributed by atoms with Crippen molar-refractivity contribution in [1.82, 2.24) is 0 Å². The average Bonchev–Trinajstić information content (AvgIpc) is 2.39. The Labute approximate surface area is 105 Å². The molecule has 2 aromatic rings. The number of alkyl halides is 1. The first-order valence-corrected chi connectivity index (χ1v) is 6.90. The summed E-state index contributed by atoms with van der Waals surface area (Å²) in [7, 11) is -4.08. The summed E-state index contributed by atoms with van der Waals surface area (Å²) in [5.74, 6) is 0. The molecule has 18 heavy (non-hydrogen) atoms. The van der Waals surface area contributed by atoms with Crippen LogP contribution in [0.1, 0.15) is 11.1 Å². The third-order valence-corrected chi connectivity index (χ3v) is 3.71. The first-order valence-electron chi connectivity index (χ1n) is 5.35. The predicted octanol–water partition coefficient (Wildman–Crippen LogP) is 3.10. The van der Waals surface area contributed by atoms with Crippen molar-refractivity contribution in [2.75, 3.05) is 4.72 Å². The van der Waals surface area contributed by atoms with Gasteiger partial charge in [-0.25, -0.2) is 12.8 Å². The second-order valence-electron chi connectivity index (χ2n) is 3.74. The number of anilines is 1. The van der Waals surface area contributed by atoms with Crippen molar-refractivity contribution in [1.29, 1.82) is 0 Å². The van der Waals surface area contributed by atoms with Crippen molar-refractivity contribution in [3.05, 3.63) is 66.2 Å². The molecule has 0 amide bonds. The summed E-state index contributed by atoms with van der Waals surface area (Å²) in [6.45, 7) is 0. The second kappa shape index (κ2) is 5.18. The van der Waals surface area contributed by atoms with Gasteiger partial charge in [-0.15, -0.1) is 0 Å². The van der Waals surface area contributed by atoms with E-state index in [9.17, 15) is 12.8 Å². The van der Waals surface area contributed by atoms with E-state index in [0.29, 0.717) is 5.69 Å². The molecule has 0 aliphatic heterocycles. The van der Waals surface area contributed by atoms with Crippen molar-refractivity contribution in [2.24, 2.45) is 0 Å². The van der Waals surface area contributed by atoms with Gasteiger partial charge >= 0.3 is 0 Å². The van der Waals surface area contributed by atoms with Crippen LogP contribution < -0.4 is 4.72 Å². The molecule has 0 saturated heterocycles. The summed E-state index contributed by atoms with van der Waals surface area (Å²) in [4.78, 5) is 0. The molecule has 0 aromatic heterocycles. The molecule has 2 aromatic carbocycles. The number of sulfonamides is 1. The van der Waals surface area contributed by atoms with Crippen LogP contribution in [0.5, 0.6) is 0 Å². The minimum Gasteiger partial charge on any atom is -0.281 e. The number of para-hydroxylation sites is 1. The highest BCUT2D eigenvalue weighted by Crippen LogP contribution is 2.25. The lowest BCUT2D eigenvalue weighted by Gasteiger charge is -2.12. The fourth-order valence-corrected chi connectivity index (χ4v) is 2.59. The number of benzene rings is 2. The van der Waals surface area contributed by atoms with Crippen LogP contribution in [0.3, 0.4) is 0 Å². The number of halogens is 1. The molecule has 2 rings (SSSR count). The largest absolute Gasteiger partial charge is 0.281 e. The lowest BCUT2D eigenvalue weighted by molar-refractivity contribution is 0.433. The van der Waals surface area contributed by atoms with E-state index in [2.05, 4.69) is 4.72 Å². The van der Waals surface area contributed by atoms with Crippen LogP contribution in [0.15, 0.2) is 60.7 Å². The lowest BCUT2D eigenvalue weighted by atomic mass is 10.2. The van der Waals surface area contributed by atoms with Crippen LogP contribution in [-0.2, 0) is 10.0 Å². The standard InChI is InChI=1S/C13H12FNO2S/c14-13(11-7-3-1-4-8-11)18(16,17)15-12-9-5-2-6-10-12/h1-10,13,15H. The highest BCUT2D eigenvalue weighted by atomic mass is 32.2. The van der Waals surface area contributed by atoms with Crippen molar-refractivity contribution >= 4 is 15.7 Å². The van der Waals surface area contributed by atoms with Gasteiger partial charge in [0.2, 0.25) is 5.50 Å². The Morgan fingerprint density at radius 2 is 1.39 bits per heavy atom. The van der Waals surface area contributed by atoms with Crippen LogP contribution in [0.4, 0.5) is 10.1 Å². The topological polar surface area (TPSA) is 46.2 Å². The first kappa shape index (κ1) is 12.6. The smallest absolute Gasteiger partial charge is 0.269 e. The lowest BCUT2D eigenvalue weighted by Crippen LogP contribution is -2.18. The van der Waals surface area contributed by atoms with E-state index in [0.717, 1.165) is 0 Å². The molecule has 0 radical (unpaired) electrons. The molecule has 0 fully saturated rings. The first-order chi connectivity index (χ1) is 8.59. The summed E-state index contributed by atoms with van der Waals surface area (Å²) in [6, 6.07) is 16.0. The maximum absolute atomic E-state index is 13.9. The normalized spacial score (nSPS) is 12.9. The van der Waals surface area contributed by atoms with E-state index >= 15 is 0 Å². The van der Waals surface area contributed by atoms with E-state index in [1.54, 1.807) is 48.5 Å². The average molecular weight is 265 g/mol. The quantitative estimate of drug-likeness (QED) is 0.923. The highest BCUT2D eigenvalue weighted by Gasteiger charge is 2.26. The fourth-order valence-electron chi connectivity index (χ4n) is 1.51. The van der Waals surface area contributed by atoms with Crippen molar-refractivity contribution in [3.8, 4) is 0 Å². The predicted molar refractivity (Wildman–Crippen MR) is 69.3 cm³/mol. The molecule has 0 aliphatic carbocycles. The van der Waals surface area contributed by atoms with E-state index in [1.165, 1.54) is 12.1 Å². The molecular weight excluding hydrogens is 253 g/mol. The van der Waals surface area contributed by atoms with E-state index < -0.39 is 15.5 Å². The molecule has 0 bridgehead atoms. The van der Waals surface area contributed by atoms with Gasteiger partial charge in [0.15, 0.2) is 0 Å². The van der Waals surface area contributed by atoms with Crippen molar-refractivity contribution in [3.63, 3.8) is 0 Å². The maximum atomic E-state index is 13.9. The van der Waals surface area contributed by atoms with Gasteiger partial charge in [-0.2, -0.15) is 0 Å². The van der Waals surface area contributed by atoms with Crippen molar-refractivity contribution < 1.29 is 12.8 Å². The van der Waals surface area contributed by atoms with Gasteiger partial charge in [-0.05, 0) is 12.1 Å². The zero-order valence-corrected chi connectivity index (χ0v) is 10.3. The summed E-state index contributed by atoms with van der Waals surface area (Å²) >= 11 is 0. The highest BCUT2D eigenvalue weighted by molar-refractivity contribution is 7.92. The van der Waals surface area contributed by atoms with Gasteiger partial charge in [0, 0.05) is 11.3 Å². The van der Waals surface area contributed by atoms with Crippen LogP contribution in [0.25, 0.3) is 0 Å². The van der Waals surface area contributed by atoms with Gasteiger partial charge < -0.3 is 0 Å². The van der Waals surface area contributed by atoms with Gasteiger partial charge in [0.25, 0.3) is 10.0 Å². The van der Waals surface area contributed by atoms with Crippen LogP contribution in [-0.4, -0.2) is 8.42 Å². The molecule has 0 aliphatic rings. The van der Waals surface area contributed by atoms with Crippen molar-refractivity contribution in [2.45, 2.75) is 5.50 Å². The van der Waals surface area contributed by atoms with Gasteiger partial charge in [0.1, 0.15) is 0 Å². The molecule has 0 saturated carbocycles. The molecule has 1 N–H and O–H groups in total. The molecular formula is C13H12FNO2S. The Morgan fingerprint density at radius 1 is 0.889 bits per heavy atom. The summed E-state index contributed by atoms with van der Waals surface area (Å²) in [5.41, 5.74) is -1.63. The van der Waals surface area contributed by atoms with Gasteiger partial charge in [-0.3, -0.25) is 4.72 Å². The maximum Gasteiger partial charge on any atom is 0.269 e. The van der Waals surface area contributed by atoms with Crippen LogP contribution in [0.2, 0.25) is 0 Å². The van der Waals surface area contributed by atoms with Gasteiger partial charge in [-0.1, -0.05) is 48.5 Å². The summed E-state index contributed by atoms with van der Waals surface area (Å²) in [6.07, 6.45) is 0.